The summed E-state index contributed by atoms with van der Waals surface area (Å²) in [7, 11) is -2.12. The second kappa shape index (κ2) is 7.94. The predicted molar refractivity (Wildman–Crippen MR) is 119 cm³/mol. The van der Waals surface area contributed by atoms with Crippen molar-refractivity contribution in [3.8, 4) is 0 Å². The van der Waals surface area contributed by atoms with Gasteiger partial charge in [-0.2, -0.15) is 0 Å². The van der Waals surface area contributed by atoms with Crippen molar-refractivity contribution in [3.05, 3.63) is 119 Å². The molecule has 1 aliphatic rings. The monoisotopic (exact) mass is 366 g/mol. The Morgan fingerprint density at radius 3 is 1.74 bits per heavy atom. The van der Waals surface area contributed by atoms with Gasteiger partial charge in [0.2, 0.25) is 0 Å². The fraction of sp³-hybridized carbons (Fsp3) is 0.154. The first-order chi connectivity index (χ1) is 13.3. The summed E-state index contributed by atoms with van der Waals surface area (Å²) in [5.74, 6) is 0. The summed E-state index contributed by atoms with van der Waals surface area (Å²) < 4.78 is 0. The standard InChI is InChI=1S/C26H26Si/c1-2-23-15-12-20-26(23)27(24-16-8-4-9-17-24,25-18-10-5-11-19-25)21-22-13-6-3-7-14-22/h3-19H,2,20-21H2,1H3. The molecule has 0 heterocycles. The molecule has 0 radical (unpaired) electrons. The lowest BCUT2D eigenvalue weighted by Gasteiger charge is -2.36. The zero-order valence-electron chi connectivity index (χ0n) is 15.9. The van der Waals surface area contributed by atoms with Crippen molar-refractivity contribution in [3.63, 3.8) is 0 Å². The summed E-state index contributed by atoms with van der Waals surface area (Å²) in [5, 5.41) is 4.72. The quantitative estimate of drug-likeness (QED) is 0.524. The molecule has 0 amide bonds. The Morgan fingerprint density at radius 2 is 1.22 bits per heavy atom. The summed E-state index contributed by atoms with van der Waals surface area (Å²) >= 11 is 0. The third-order valence-corrected chi connectivity index (χ3v) is 10.9. The van der Waals surface area contributed by atoms with Crippen LogP contribution in [0.5, 0.6) is 0 Å². The van der Waals surface area contributed by atoms with Gasteiger partial charge in [0.15, 0.2) is 0 Å². The number of hydrogen-bond donors (Lipinski definition) is 0. The highest BCUT2D eigenvalue weighted by Gasteiger charge is 2.42. The Morgan fingerprint density at radius 1 is 0.704 bits per heavy atom. The predicted octanol–water partition coefficient (Wildman–Crippen LogP) is 5.24. The van der Waals surface area contributed by atoms with Gasteiger partial charge in [0.25, 0.3) is 0 Å². The first-order valence-corrected chi connectivity index (χ1v) is 12.1. The van der Waals surface area contributed by atoms with E-state index in [4.69, 9.17) is 0 Å². The molecule has 0 unspecified atom stereocenters. The minimum absolute atomic E-state index is 1.09. The molecule has 134 valence electrons. The zero-order chi connectivity index (χ0) is 18.5. The largest absolute Gasteiger partial charge is 0.149 e. The topological polar surface area (TPSA) is 0 Å². The normalized spacial score (nSPS) is 14.0. The maximum Gasteiger partial charge on any atom is 0.149 e. The smallest absolute Gasteiger partial charge is 0.0806 e. The Kier molecular flexibility index (Phi) is 5.22. The third-order valence-electron chi connectivity index (χ3n) is 5.77. The van der Waals surface area contributed by atoms with Gasteiger partial charge in [0.1, 0.15) is 8.07 Å². The fourth-order valence-electron chi connectivity index (χ4n) is 4.50. The molecule has 0 atom stereocenters. The van der Waals surface area contributed by atoms with Crippen LogP contribution < -0.4 is 10.4 Å². The maximum atomic E-state index is 2.37. The average Bonchev–Trinajstić information content (AvgIpc) is 3.23. The van der Waals surface area contributed by atoms with Gasteiger partial charge in [0.05, 0.1) is 0 Å². The zero-order valence-corrected chi connectivity index (χ0v) is 16.9. The van der Waals surface area contributed by atoms with Gasteiger partial charge in [-0.3, -0.25) is 0 Å². The molecule has 4 rings (SSSR count). The minimum Gasteiger partial charge on any atom is -0.0806 e. The molecule has 3 aromatic rings. The summed E-state index contributed by atoms with van der Waals surface area (Å²) in [5.41, 5.74) is 2.98. The highest BCUT2D eigenvalue weighted by molar-refractivity contribution is 7.07. The van der Waals surface area contributed by atoms with Gasteiger partial charge >= 0.3 is 0 Å². The highest BCUT2D eigenvalue weighted by atomic mass is 28.3. The van der Waals surface area contributed by atoms with E-state index < -0.39 is 8.07 Å². The van der Waals surface area contributed by atoms with Crippen LogP contribution >= 0.6 is 0 Å². The lowest BCUT2D eigenvalue weighted by molar-refractivity contribution is 1.13. The van der Waals surface area contributed by atoms with E-state index in [0.29, 0.717) is 0 Å². The first kappa shape index (κ1) is 17.8. The Hall–Kier alpha value is -2.64. The first-order valence-electron chi connectivity index (χ1n) is 9.88. The molecule has 0 spiro atoms. The summed E-state index contributed by atoms with van der Waals surface area (Å²) in [6, 6.07) is 34.7. The summed E-state index contributed by atoms with van der Waals surface area (Å²) in [6.45, 7) is 2.29. The second-order valence-corrected chi connectivity index (χ2v) is 11.2. The van der Waals surface area contributed by atoms with Crippen molar-refractivity contribution in [2.24, 2.45) is 0 Å². The second-order valence-electron chi connectivity index (χ2n) is 7.26. The van der Waals surface area contributed by atoms with Crippen LogP contribution in [0.1, 0.15) is 25.3 Å². The van der Waals surface area contributed by atoms with Crippen LogP contribution in [0.4, 0.5) is 0 Å². The van der Waals surface area contributed by atoms with Crippen LogP contribution in [0, 0.1) is 0 Å². The van der Waals surface area contributed by atoms with Gasteiger partial charge in [-0.05, 0) is 34.8 Å². The van der Waals surface area contributed by atoms with Crippen LogP contribution in [0.2, 0.25) is 0 Å². The SMILES string of the molecule is CCC1=C([Si](Cc2ccccc2)(c2ccccc2)c2ccccc2)CC=C1. The van der Waals surface area contributed by atoms with Crippen LogP contribution in [0.15, 0.2) is 114 Å². The van der Waals surface area contributed by atoms with E-state index in [1.54, 1.807) is 10.8 Å². The maximum absolute atomic E-state index is 2.37. The third kappa shape index (κ3) is 3.35. The van der Waals surface area contributed by atoms with E-state index in [9.17, 15) is 0 Å². The van der Waals surface area contributed by atoms with Crippen molar-refractivity contribution in [1.82, 2.24) is 0 Å². The summed E-state index contributed by atoms with van der Waals surface area (Å²) in [6.07, 6.45) is 6.93. The lowest BCUT2D eigenvalue weighted by atomic mass is 10.2. The van der Waals surface area contributed by atoms with Gasteiger partial charge in [-0.1, -0.05) is 121 Å². The van der Waals surface area contributed by atoms with E-state index in [-0.39, 0.29) is 0 Å². The molecule has 0 bridgehead atoms. The molecule has 0 saturated heterocycles. The number of allylic oxidation sites excluding steroid dienone is 4. The average molecular weight is 367 g/mol. The molecule has 1 aliphatic carbocycles. The van der Waals surface area contributed by atoms with Gasteiger partial charge in [0, 0.05) is 0 Å². The molecule has 0 saturated carbocycles. The van der Waals surface area contributed by atoms with Crippen LogP contribution in [-0.2, 0) is 6.04 Å². The molecule has 27 heavy (non-hydrogen) atoms. The molecule has 0 fully saturated rings. The van der Waals surface area contributed by atoms with Crippen LogP contribution in [-0.4, -0.2) is 8.07 Å². The van der Waals surface area contributed by atoms with Crippen molar-refractivity contribution in [2.45, 2.75) is 25.8 Å². The van der Waals surface area contributed by atoms with Gasteiger partial charge < -0.3 is 0 Å². The van der Waals surface area contributed by atoms with Gasteiger partial charge in [-0.25, -0.2) is 0 Å². The van der Waals surface area contributed by atoms with Crippen LogP contribution in [0.25, 0.3) is 0 Å². The van der Waals surface area contributed by atoms with Gasteiger partial charge in [-0.15, -0.1) is 0 Å². The van der Waals surface area contributed by atoms with E-state index in [2.05, 4.69) is 110 Å². The van der Waals surface area contributed by atoms with E-state index in [1.165, 1.54) is 15.9 Å². The molecule has 0 aromatic heterocycles. The summed E-state index contributed by atoms with van der Waals surface area (Å²) in [4.78, 5) is 0. The molecular weight excluding hydrogens is 340 g/mol. The highest BCUT2D eigenvalue weighted by Crippen LogP contribution is 2.32. The van der Waals surface area contributed by atoms with E-state index in [1.807, 2.05) is 0 Å². The van der Waals surface area contributed by atoms with Crippen molar-refractivity contribution in [1.29, 1.82) is 0 Å². The minimum atomic E-state index is -2.12. The number of rotatable bonds is 6. The Balaban J connectivity index is 2.00. The van der Waals surface area contributed by atoms with Crippen molar-refractivity contribution >= 4 is 18.4 Å². The van der Waals surface area contributed by atoms with E-state index >= 15 is 0 Å². The molecular formula is C26H26Si. The fourth-order valence-corrected chi connectivity index (χ4v) is 9.80. The molecule has 0 nitrogen and oxygen atoms in total. The molecule has 0 N–H and O–H groups in total. The lowest BCUT2D eigenvalue weighted by Crippen LogP contribution is -2.62. The Bertz CT molecular complexity index is 898. The Labute approximate surface area is 163 Å². The number of hydrogen-bond acceptors (Lipinski definition) is 0. The van der Waals surface area contributed by atoms with Crippen molar-refractivity contribution in [2.75, 3.05) is 0 Å². The van der Waals surface area contributed by atoms with E-state index in [0.717, 1.165) is 18.9 Å². The molecule has 0 aliphatic heterocycles. The molecule has 1 heteroatoms. The molecule has 3 aromatic carbocycles. The van der Waals surface area contributed by atoms with Crippen LogP contribution in [0.3, 0.4) is 0 Å². The number of benzene rings is 3. The van der Waals surface area contributed by atoms with Crippen molar-refractivity contribution < 1.29 is 0 Å².